The van der Waals surface area contributed by atoms with E-state index >= 15 is 0 Å². The van der Waals surface area contributed by atoms with Crippen molar-refractivity contribution >= 4 is 50.7 Å². The molecule has 2 aromatic heterocycles. The number of pyridine rings is 1. The molecule has 3 N–H and O–H groups in total. The minimum absolute atomic E-state index is 0.184. The Bertz CT molecular complexity index is 1120. The van der Waals surface area contributed by atoms with Gasteiger partial charge in [0, 0.05) is 19.3 Å². The summed E-state index contributed by atoms with van der Waals surface area (Å²) in [4.78, 5) is 34.7. The van der Waals surface area contributed by atoms with Gasteiger partial charge in [-0.3, -0.25) is 19.9 Å². The highest BCUT2D eigenvalue weighted by Gasteiger charge is 2.22. The van der Waals surface area contributed by atoms with Crippen LogP contribution >= 0.6 is 27.5 Å². The molecule has 0 unspecified atom stereocenters. The molecule has 0 spiro atoms. The van der Waals surface area contributed by atoms with Crippen LogP contribution in [-0.4, -0.2) is 40.7 Å². The van der Waals surface area contributed by atoms with Crippen molar-refractivity contribution in [3.8, 4) is 5.82 Å². The molecule has 0 atom stereocenters. The third-order valence-electron chi connectivity index (χ3n) is 4.12. The summed E-state index contributed by atoms with van der Waals surface area (Å²) >= 11 is 9.50. The molecular weight excluding hydrogens is 476 g/mol. The highest BCUT2D eigenvalue weighted by molar-refractivity contribution is 9.10. The van der Waals surface area contributed by atoms with Gasteiger partial charge in [-0.15, -0.1) is 0 Å². The fraction of sp³-hybridized carbons (Fsp3) is 0.158. The lowest BCUT2D eigenvalue weighted by Gasteiger charge is -2.16. The maximum atomic E-state index is 13.1. The minimum atomic E-state index is -0.490. The molecule has 156 valence electrons. The molecule has 1 aromatic carbocycles. The van der Waals surface area contributed by atoms with Crippen LogP contribution in [0.25, 0.3) is 5.82 Å². The van der Waals surface area contributed by atoms with Crippen molar-refractivity contribution in [2.24, 2.45) is 0 Å². The van der Waals surface area contributed by atoms with E-state index in [2.05, 4.69) is 42.1 Å². The third kappa shape index (κ3) is 4.45. The Morgan fingerprint density at radius 1 is 1.23 bits per heavy atom. The number of carbonyl (C=O) groups is 2. The van der Waals surface area contributed by atoms with Gasteiger partial charge in [0.05, 0.1) is 29.1 Å². The maximum absolute atomic E-state index is 13.1. The van der Waals surface area contributed by atoms with Crippen molar-refractivity contribution in [1.29, 1.82) is 0 Å². The van der Waals surface area contributed by atoms with E-state index in [1.54, 1.807) is 37.4 Å². The summed E-state index contributed by atoms with van der Waals surface area (Å²) < 4.78 is 1.76. The van der Waals surface area contributed by atoms with Gasteiger partial charge in [-0.25, -0.2) is 9.67 Å². The van der Waals surface area contributed by atoms with Crippen LogP contribution in [0.4, 0.5) is 11.4 Å². The van der Waals surface area contributed by atoms with Crippen LogP contribution in [0.3, 0.4) is 0 Å². The fourth-order valence-corrected chi connectivity index (χ4v) is 3.41. The number of nitrogens with zero attached hydrogens (tertiary/aromatic N) is 3. The molecular formula is C19H18BrClN6O3. The first-order valence-electron chi connectivity index (χ1n) is 8.69. The van der Waals surface area contributed by atoms with E-state index in [9.17, 15) is 9.59 Å². The summed E-state index contributed by atoms with van der Waals surface area (Å²) in [6.07, 6.45) is 1.55. The molecule has 0 saturated heterocycles. The Morgan fingerprint density at radius 3 is 2.67 bits per heavy atom. The van der Waals surface area contributed by atoms with Crippen LogP contribution in [0, 0.1) is 6.92 Å². The summed E-state index contributed by atoms with van der Waals surface area (Å²) in [5.74, 6) is -0.552. The van der Waals surface area contributed by atoms with Gasteiger partial charge < -0.3 is 10.6 Å². The first-order valence-corrected chi connectivity index (χ1v) is 9.86. The number of nitrogens with one attached hydrogen (secondary N) is 3. The zero-order valence-electron chi connectivity index (χ0n) is 16.3. The van der Waals surface area contributed by atoms with Gasteiger partial charge in [0.1, 0.15) is 10.3 Å². The molecule has 0 aliphatic carbocycles. The van der Waals surface area contributed by atoms with Crippen molar-refractivity contribution in [3.05, 3.63) is 63.0 Å². The Morgan fingerprint density at radius 2 is 2.00 bits per heavy atom. The van der Waals surface area contributed by atoms with E-state index in [0.29, 0.717) is 32.4 Å². The molecule has 0 aliphatic rings. The van der Waals surface area contributed by atoms with Gasteiger partial charge in [-0.2, -0.15) is 5.10 Å². The van der Waals surface area contributed by atoms with Crippen molar-refractivity contribution in [1.82, 2.24) is 20.1 Å². The topological polar surface area (TPSA) is 110 Å². The molecule has 0 radical (unpaired) electrons. The summed E-state index contributed by atoms with van der Waals surface area (Å²) in [6, 6.07) is 8.19. The summed E-state index contributed by atoms with van der Waals surface area (Å²) in [5.41, 5.74) is 4.72. The molecule has 0 aliphatic heterocycles. The number of halogens is 2. The van der Waals surface area contributed by atoms with Crippen molar-refractivity contribution in [2.75, 3.05) is 25.0 Å². The van der Waals surface area contributed by atoms with Gasteiger partial charge in [0.2, 0.25) is 0 Å². The number of aryl methyl sites for hydroxylation is 1. The number of aromatic nitrogens is 3. The molecule has 2 amide bonds. The fourth-order valence-electron chi connectivity index (χ4n) is 2.83. The van der Waals surface area contributed by atoms with Gasteiger partial charge in [-0.1, -0.05) is 11.6 Å². The smallest absolute Gasteiger partial charge is 0.274 e. The molecule has 3 aromatic rings. The van der Waals surface area contributed by atoms with Gasteiger partial charge in [-0.05, 0) is 52.7 Å². The van der Waals surface area contributed by atoms with Crippen LogP contribution in [0.15, 0.2) is 41.1 Å². The lowest BCUT2D eigenvalue weighted by atomic mass is 10.1. The monoisotopic (exact) mass is 492 g/mol. The van der Waals surface area contributed by atoms with Gasteiger partial charge in [0.25, 0.3) is 11.8 Å². The van der Waals surface area contributed by atoms with Crippen molar-refractivity contribution < 1.29 is 14.4 Å². The number of hydrogen-bond donors (Lipinski definition) is 3. The standard InChI is InChI=1S/C19H18BrClN6O3/c1-10-7-11(26-30-3)8-12(18(28)22-2)16(10)24-19(29)14-9-15(20)25-27(14)17-13(21)5-4-6-23-17/h4-9,26H,1-3H3,(H,22,28)(H,24,29). The number of rotatable bonds is 6. The molecule has 9 nitrogen and oxygen atoms in total. The highest BCUT2D eigenvalue weighted by Crippen LogP contribution is 2.28. The van der Waals surface area contributed by atoms with Crippen LogP contribution in [-0.2, 0) is 4.84 Å². The van der Waals surface area contributed by atoms with Crippen LogP contribution in [0.5, 0.6) is 0 Å². The second-order valence-electron chi connectivity index (χ2n) is 6.13. The second kappa shape index (κ2) is 9.24. The molecule has 30 heavy (non-hydrogen) atoms. The molecule has 11 heteroatoms. The predicted octanol–water partition coefficient (Wildman–Crippen LogP) is 3.58. The predicted molar refractivity (Wildman–Crippen MR) is 117 cm³/mol. The Hall–Kier alpha value is -2.95. The second-order valence-corrected chi connectivity index (χ2v) is 7.35. The minimum Gasteiger partial charge on any atom is -0.355 e. The SMILES string of the molecule is CNC(=O)c1cc(NOC)cc(C)c1NC(=O)c1cc(Br)nn1-c1ncccc1Cl. The normalized spacial score (nSPS) is 10.6. The van der Waals surface area contributed by atoms with E-state index in [-0.39, 0.29) is 17.2 Å². The van der Waals surface area contributed by atoms with Crippen LogP contribution in [0.1, 0.15) is 26.4 Å². The van der Waals surface area contributed by atoms with E-state index in [0.717, 1.165) is 0 Å². The lowest BCUT2D eigenvalue weighted by molar-refractivity contribution is 0.0964. The molecule has 0 bridgehead atoms. The summed E-state index contributed by atoms with van der Waals surface area (Å²) in [7, 11) is 2.97. The number of anilines is 2. The first kappa shape index (κ1) is 21.8. The zero-order valence-corrected chi connectivity index (χ0v) is 18.6. The Kier molecular flexibility index (Phi) is 6.70. The molecule has 3 rings (SSSR count). The van der Waals surface area contributed by atoms with E-state index < -0.39 is 5.91 Å². The van der Waals surface area contributed by atoms with E-state index in [4.69, 9.17) is 16.4 Å². The average molecular weight is 494 g/mol. The molecule has 2 heterocycles. The van der Waals surface area contributed by atoms with Crippen LogP contribution in [0.2, 0.25) is 5.02 Å². The average Bonchev–Trinajstić information content (AvgIpc) is 3.11. The van der Waals surface area contributed by atoms with Gasteiger partial charge in [0.15, 0.2) is 5.82 Å². The first-order chi connectivity index (χ1) is 14.3. The number of amides is 2. The lowest BCUT2D eigenvalue weighted by Crippen LogP contribution is -2.24. The number of benzene rings is 1. The highest BCUT2D eigenvalue weighted by atomic mass is 79.9. The quantitative estimate of drug-likeness (QED) is 0.453. The Labute approximate surface area is 185 Å². The number of carbonyl (C=O) groups excluding carboxylic acids is 2. The largest absolute Gasteiger partial charge is 0.355 e. The Balaban J connectivity index is 2.03. The van der Waals surface area contributed by atoms with E-state index in [1.807, 2.05) is 0 Å². The van der Waals surface area contributed by atoms with Crippen molar-refractivity contribution in [2.45, 2.75) is 6.92 Å². The number of hydrogen-bond acceptors (Lipinski definition) is 6. The summed E-state index contributed by atoms with van der Waals surface area (Å²) in [5, 5.41) is 9.96. The van der Waals surface area contributed by atoms with Crippen LogP contribution < -0.4 is 16.1 Å². The van der Waals surface area contributed by atoms with E-state index in [1.165, 1.54) is 24.9 Å². The molecule has 0 fully saturated rings. The third-order valence-corrected chi connectivity index (χ3v) is 4.80. The zero-order chi connectivity index (χ0) is 21.8. The summed E-state index contributed by atoms with van der Waals surface area (Å²) in [6.45, 7) is 1.77. The molecule has 0 saturated carbocycles. The van der Waals surface area contributed by atoms with Gasteiger partial charge >= 0.3 is 0 Å². The maximum Gasteiger partial charge on any atom is 0.274 e. The van der Waals surface area contributed by atoms with Crippen molar-refractivity contribution in [3.63, 3.8) is 0 Å².